The second kappa shape index (κ2) is 12.7. The van der Waals surface area contributed by atoms with Crippen LogP contribution in [0.15, 0.2) is 42.5 Å². The predicted octanol–water partition coefficient (Wildman–Crippen LogP) is 3.79. The van der Waals surface area contributed by atoms with Crippen LogP contribution in [0.5, 0.6) is 5.75 Å². The number of benzene rings is 2. The van der Waals surface area contributed by atoms with Crippen LogP contribution in [0.3, 0.4) is 0 Å². The van der Waals surface area contributed by atoms with E-state index in [4.69, 9.17) is 21.1 Å². The molecule has 0 radical (unpaired) electrons. The Kier molecular flexibility index (Phi) is 9.98. The van der Waals surface area contributed by atoms with Gasteiger partial charge in [0.1, 0.15) is 36.3 Å². The third-order valence-electron chi connectivity index (χ3n) is 6.13. The van der Waals surface area contributed by atoms with Crippen molar-refractivity contribution in [1.82, 2.24) is 0 Å². The fraction of sp³-hybridized carbons (Fsp3) is 0.538. The van der Waals surface area contributed by atoms with Crippen molar-refractivity contribution in [3.8, 4) is 5.75 Å². The molecule has 1 saturated heterocycles. The standard InChI is InChI=1S/C26H35ClO6/c1-2-3-4-5-6-13-32-20-10-7-17(8-11-20)14-19-15-18(9-12-21(19)27)26-25(31)24(30)23(29)22(16-28)33-26/h7-12,15,22-26,28-31H,2-6,13-14,16H2,1H3/t22?,23-,24+,25-,26+/m1/s1. The summed E-state index contributed by atoms with van der Waals surface area (Å²) in [5.41, 5.74) is 2.52. The number of halogens is 1. The van der Waals surface area contributed by atoms with Crippen LogP contribution >= 0.6 is 11.6 Å². The van der Waals surface area contributed by atoms with Gasteiger partial charge in [-0.15, -0.1) is 0 Å². The van der Waals surface area contributed by atoms with Gasteiger partial charge in [-0.2, -0.15) is 0 Å². The van der Waals surface area contributed by atoms with Gasteiger partial charge in [-0.3, -0.25) is 0 Å². The lowest BCUT2D eigenvalue weighted by molar-refractivity contribution is -0.231. The summed E-state index contributed by atoms with van der Waals surface area (Å²) in [5, 5.41) is 40.6. The molecule has 1 aliphatic heterocycles. The largest absolute Gasteiger partial charge is 0.494 e. The number of hydrogen-bond acceptors (Lipinski definition) is 6. The van der Waals surface area contributed by atoms with Gasteiger partial charge >= 0.3 is 0 Å². The highest BCUT2D eigenvalue weighted by Gasteiger charge is 2.44. The minimum Gasteiger partial charge on any atom is -0.494 e. The van der Waals surface area contributed by atoms with Crippen LogP contribution in [-0.4, -0.2) is 58.1 Å². The van der Waals surface area contributed by atoms with Crippen LogP contribution in [-0.2, 0) is 11.2 Å². The fourth-order valence-electron chi connectivity index (χ4n) is 4.10. The normalized spacial score (nSPS) is 25.2. The first-order valence-electron chi connectivity index (χ1n) is 11.7. The summed E-state index contributed by atoms with van der Waals surface area (Å²) in [6.07, 6.45) is 0.614. The van der Waals surface area contributed by atoms with E-state index in [0.29, 0.717) is 17.0 Å². The Morgan fingerprint density at radius 1 is 0.909 bits per heavy atom. The van der Waals surface area contributed by atoms with Gasteiger partial charge in [0, 0.05) is 5.02 Å². The van der Waals surface area contributed by atoms with Crippen molar-refractivity contribution in [2.75, 3.05) is 13.2 Å². The molecule has 0 bridgehead atoms. The zero-order valence-electron chi connectivity index (χ0n) is 19.1. The van der Waals surface area contributed by atoms with Crippen molar-refractivity contribution < 1.29 is 29.9 Å². The summed E-state index contributed by atoms with van der Waals surface area (Å²) in [6.45, 7) is 2.46. The van der Waals surface area contributed by atoms with Gasteiger partial charge in [-0.05, 0) is 47.7 Å². The molecule has 2 aromatic rings. The second-order valence-corrected chi connectivity index (χ2v) is 9.09. The number of aliphatic hydroxyl groups is 4. The SMILES string of the molecule is CCCCCCCOc1ccc(Cc2cc([C@@H]3OC(CO)[C@@H](O)[C@H](O)[C@H]3O)ccc2Cl)cc1. The average molecular weight is 479 g/mol. The molecule has 6 nitrogen and oxygen atoms in total. The van der Waals surface area contributed by atoms with E-state index in [2.05, 4.69) is 6.92 Å². The third-order valence-corrected chi connectivity index (χ3v) is 6.49. The molecule has 3 rings (SSSR count). The molecule has 1 aliphatic rings. The van der Waals surface area contributed by atoms with E-state index in [1.165, 1.54) is 25.7 Å². The third kappa shape index (κ3) is 6.92. The maximum Gasteiger partial charge on any atom is 0.119 e. The Labute approximate surface area is 200 Å². The maximum absolute atomic E-state index is 10.4. The van der Waals surface area contributed by atoms with Gasteiger partial charge in [0.25, 0.3) is 0 Å². The van der Waals surface area contributed by atoms with Crippen molar-refractivity contribution in [3.05, 3.63) is 64.2 Å². The summed E-state index contributed by atoms with van der Waals surface area (Å²) in [5.74, 6) is 0.843. The zero-order chi connectivity index (χ0) is 23.8. The highest BCUT2D eigenvalue weighted by molar-refractivity contribution is 6.31. The lowest BCUT2D eigenvalue weighted by Crippen LogP contribution is -2.55. The van der Waals surface area contributed by atoms with Crippen molar-refractivity contribution >= 4 is 11.6 Å². The monoisotopic (exact) mass is 478 g/mol. The topological polar surface area (TPSA) is 99.4 Å². The lowest BCUT2D eigenvalue weighted by atomic mass is 9.90. The number of aliphatic hydroxyl groups excluding tert-OH is 4. The smallest absolute Gasteiger partial charge is 0.119 e. The van der Waals surface area contributed by atoms with E-state index in [-0.39, 0.29) is 0 Å². The van der Waals surface area contributed by atoms with E-state index in [0.717, 1.165) is 29.9 Å². The minimum atomic E-state index is -1.42. The summed E-state index contributed by atoms with van der Waals surface area (Å²) in [6, 6.07) is 13.2. The second-order valence-electron chi connectivity index (χ2n) is 8.68. The Bertz CT molecular complexity index is 856. The number of hydrogen-bond donors (Lipinski definition) is 4. The van der Waals surface area contributed by atoms with Gasteiger partial charge in [0.05, 0.1) is 13.2 Å². The number of rotatable bonds is 11. The Balaban J connectivity index is 1.63. The van der Waals surface area contributed by atoms with Crippen LogP contribution in [0.1, 0.15) is 61.8 Å². The Morgan fingerprint density at radius 2 is 1.64 bits per heavy atom. The van der Waals surface area contributed by atoms with E-state index in [1.807, 2.05) is 30.3 Å². The molecular formula is C26H35ClO6. The Hall–Kier alpha value is -1.67. The lowest BCUT2D eigenvalue weighted by Gasteiger charge is -2.40. The van der Waals surface area contributed by atoms with Crippen LogP contribution in [0.4, 0.5) is 0 Å². The molecule has 1 unspecified atom stereocenters. The highest BCUT2D eigenvalue weighted by Crippen LogP contribution is 2.34. The number of ether oxygens (including phenoxy) is 2. The number of unbranched alkanes of at least 4 members (excludes halogenated alkanes) is 4. The molecule has 4 N–H and O–H groups in total. The van der Waals surface area contributed by atoms with E-state index < -0.39 is 37.1 Å². The average Bonchev–Trinajstić information content (AvgIpc) is 2.82. The highest BCUT2D eigenvalue weighted by atomic mass is 35.5. The summed E-state index contributed by atoms with van der Waals surface area (Å²) in [4.78, 5) is 0. The molecule has 2 aromatic carbocycles. The molecule has 182 valence electrons. The summed E-state index contributed by atoms with van der Waals surface area (Å²) >= 11 is 6.42. The molecule has 5 atom stereocenters. The summed E-state index contributed by atoms with van der Waals surface area (Å²) in [7, 11) is 0. The van der Waals surface area contributed by atoms with Crippen molar-refractivity contribution in [2.45, 2.75) is 76.0 Å². The predicted molar refractivity (Wildman–Crippen MR) is 128 cm³/mol. The first kappa shape index (κ1) is 25.9. The van der Waals surface area contributed by atoms with Crippen LogP contribution in [0, 0.1) is 0 Å². The van der Waals surface area contributed by atoms with Gasteiger partial charge in [0.15, 0.2) is 0 Å². The molecule has 33 heavy (non-hydrogen) atoms. The van der Waals surface area contributed by atoms with Crippen LogP contribution in [0.2, 0.25) is 5.02 Å². The van der Waals surface area contributed by atoms with Gasteiger partial charge in [0.2, 0.25) is 0 Å². The van der Waals surface area contributed by atoms with E-state index >= 15 is 0 Å². The first-order chi connectivity index (χ1) is 15.9. The molecule has 1 heterocycles. The molecule has 0 saturated carbocycles. The molecule has 0 amide bonds. The van der Waals surface area contributed by atoms with Crippen LogP contribution < -0.4 is 4.74 Å². The molecule has 1 fully saturated rings. The van der Waals surface area contributed by atoms with Crippen molar-refractivity contribution in [1.29, 1.82) is 0 Å². The molecule has 0 spiro atoms. The van der Waals surface area contributed by atoms with Crippen molar-refractivity contribution in [3.63, 3.8) is 0 Å². The molecule has 7 heteroatoms. The Morgan fingerprint density at radius 3 is 2.33 bits per heavy atom. The molecular weight excluding hydrogens is 444 g/mol. The molecule has 0 aliphatic carbocycles. The van der Waals surface area contributed by atoms with Gasteiger partial charge in [-0.1, -0.05) is 68.5 Å². The minimum absolute atomic E-state index is 0.463. The molecule has 0 aromatic heterocycles. The van der Waals surface area contributed by atoms with E-state index in [9.17, 15) is 20.4 Å². The van der Waals surface area contributed by atoms with E-state index in [1.54, 1.807) is 12.1 Å². The maximum atomic E-state index is 10.4. The summed E-state index contributed by atoms with van der Waals surface area (Å²) < 4.78 is 11.5. The van der Waals surface area contributed by atoms with Crippen molar-refractivity contribution in [2.24, 2.45) is 0 Å². The van der Waals surface area contributed by atoms with Crippen LogP contribution in [0.25, 0.3) is 0 Å². The zero-order valence-corrected chi connectivity index (χ0v) is 19.8. The van der Waals surface area contributed by atoms with Gasteiger partial charge < -0.3 is 29.9 Å². The quantitative estimate of drug-likeness (QED) is 0.367. The van der Waals surface area contributed by atoms with Gasteiger partial charge in [-0.25, -0.2) is 0 Å². The fourth-order valence-corrected chi connectivity index (χ4v) is 4.29. The first-order valence-corrected chi connectivity index (χ1v) is 12.1.